The molecule has 2 aromatic rings. The van der Waals surface area contributed by atoms with Crippen molar-refractivity contribution in [3.8, 4) is 0 Å². The van der Waals surface area contributed by atoms with Crippen LogP contribution in [0.3, 0.4) is 0 Å². The molecule has 0 spiro atoms. The maximum atomic E-state index is 13.2. The lowest BCUT2D eigenvalue weighted by molar-refractivity contribution is 0.264. The zero-order chi connectivity index (χ0) is 12.7. The molecule has 1 saturated carbocycles. The summed E-state index contributed by atoms with van der Waals surface area (Å²) in [4.78, 5) is 4.28. The lowest BCUT2D eigenvalue weighted by Gasteiger charge is -2.30. The van der Waals surface area contributed by atoms with Gasteiger partial charge in [-0.3, -0.25) is 0 Å². The summed E-state index contributed by atoms with van der Waals surface area (Å²) in [5, 5.41) is 0. The van der Waals surface area contributed by atoms with E-state index < -0.39 is 0 Å². The zero-order valence-electron chi connectivity index (χ0n) is 10.6. The molecule has 18 heavy (non-hydrogen) atoms. The van der Waals surface area contributed by atoms with Crippen LogP contribution in [0.1, 0.15) is 38.6 Å². The van der Waals surface area contributed by atoms with Gasteiger partial charge in [-0.15, -0.1) is 0 Å². The molecule has 4 heteroatoms. The van der Waals surface area contributed by atoms with E-state index in [2.05, 4.69) is 16.5 Å². The van der Waals surface area contributed by atoms with E-state index in [0.717, 1.165) is 11.9 Å². The van der Waals surface area contributed by atoms with Crippen LogP contribution in [0.25, 0.3) is 11.0 Å². The van der Waals surface area contributed by atoms with Crippen LogP contribution in [0.5, 0.6) is 0 Å². The Morgan fingerprint density at radius 3 is 2.89 bits per heavy atom. The monoisotopic (exact) mass is 247 g/mol. The first-order valence-electron chi connectivity index (χ1n) is 6.60. The van der Waals surface area contributed by atoms with Crippen molar-refractivity contribution in [2.75, 3.05) is 5.73 Å². The number of hydrogen-bond donors (Lipinski definition) is 1. The molecule has 1 aromatic heterocycles. The van der Waals surface area contributed by atoms with Crippen molar-refractivity contribution >= 4 is 17.0 Å². The molecule has 0 saturated heterocycles. The lowest BCUT2D eigenvalue weighted by Crippen LogP contribution is -2.22. The number of aromatic nitrogens is 2. The van der Waals surface area contributed by atoms with Crippen LogP contribution < -0.4 is 5.73 Å². The number of nitrogens with zero attached hydrogens (tertiary/aromatic N) is 2. The second-order valence-corrected chi connectivity index (χ2v) is 5.30. The molecular weight excluding hydrogens is 229 g/mol. The van der Waals surface area contributed by atoms with Gasteiger partial charge >= 0.3 is 0 Å². The Morgan fingerprint density at radius 2 is 2.11 bits per heavy atom. The highest BCUT2D eigenvalue weighted by Gasteiger charge is 2.26. The molecular formula is C14H18FN3. The standard InChI is InChI=1S/C14H18FN3/c1-9-4-2-3-5-12(9)18-13-7-6-10(15)8-11(13)17-14(18)16/h6-9,12H,2-5H2,1H3,(H2,16,17). The normalized spacial score (nSPS) is 24.6. The van der Waals surface area contributed by atoms with E-state index in [4.69, 9.17) is 5.73 Å². The minimum atomic E-state index is -0.260. The Bertz CT molecular complexity index is 576. The number of hydrogen-bond acceptors (Lipinski definition) is 2. The summed E-state index contributed by atoms with van der Waals surface area (Å²) >= 11 is 0. The van der Waals surface area contributed by atoms with E-state index in [1.807, 2.05) is 0 Å². The summed E-state index contributed by atoms with van der Waals surface area (Å²) in [6, 6.07) is 5.12. The van der Waals surface area contributed by atoms with Gasteiger partial charge in [0.1, 0.15) is 5.82 Å². The van der Waals surface area contributed by atoms with Gasteiger partial charge < -0.3 is 10.3 Å². The summed E-state index contributed by atoms with van der Waals surface area (Å²) in [6.45, 7) is 2.26. The van der Waals surface area contributed by atoms with E-state index in [1.54, 1.807) is 6.07 Å². The van der Waals surface area contributed by atoms with Crippen molar-refractivity contribution in [2.45, 2.75) is 38.6 Å². The van der Waals surface area contributed by atoms with Gasteiger partial charge in [-0.1, -0.05) is 19.8 Å². The van der Waals surface area contributed by atoms with Gasteiger partial charge in [0.25, 0.3) is 0 Å². The van der Waals surface area contributed by atoms with Gasteiger partial charge in [-0.05, 0) is 30.9 Å². The molecule has 1 aliphatic carbocycles. The summed E-state index contributed by atoms with van der Waals surface area (Å²) in [5.41, 5.74) is 7.64. The van der Waals surface area contributed by atoms with E-state index in [9.17, 15) is 4.39 Å². The van der Waals surface area contributed by atoms with E-state index in [1.165, 1.54) is 31.4 Å². The summed E-state index contributed by atoms with van der Waals surface area (Å²) in [6.07, 6.45) is 4.88. The van der Waals surface area contributed by atoms with Crippen LogP contribution >= 0.6 is 0 Å². The Kier molecular flexibility index (Phi) is 2.73. The summed E-state index contributed by atoms with van der Waals surface area (Å²) in [7, 11) is 0. The molecule has 0 amide bonds. The largest absolute Gasteiger partial charge is 0.369 e. The molecule has 1 aromatic carbocycles. The van der Waals surface area contributed by atoms with Crippen LogP contribution in [0.4, 0.5) is 10.3 Å². The second kappa shape index (κ2) is 4.26. The van der Waals surface area contributed by atoms with Crippen molar-refractivity contribution in [3.63, 3.8) is 0 Å². The number of rotatable bonds is 1. The predicted octanol–water partition coefficient (Wildman–Crippen LogP) is 3.51. The van der Waals surface area contributed by atoms with Gasteiger partial charge in [0.15, 0.2) is 0 Å². The van der Waals surface area contributed by atoms with Gasteiger partial charge in [-0.2, -0.15) is 0 Å². The number of nitrogens with two attached hydrogens (primary N) is 1. The van der Waals surface area contributed by atoms with E-state index >= 15 is 0 Å². The third-order valence-corrected chi connectivity index (χ3v) is 4.08. The first kappa shape index (κ1) is 11.5. The van der Waals surface area contributed by atoms with Crippen molar-refractivity contribution in [1.82, 2.24) is 9.55 Å². The van der Waals surface area contributed by atoms with Crippen LogP contribution in [0.2, 0.25) is 0 Å². The molecule has 0 bridgehead atoms. The molecule has 1 aliphatic rings. The number of imidazole rings is 1. The van der Waals surface area contributed by atoms with Crippen LogP contribution in [0.15, 0.2) is 18.2 Å². The average Bonchev–Trinajstić information content (AvgIpc) is 2.65. The minimum absolute atomic E-state index is 0.260. The second-order valence-electron chi connectivity index (χ2n) is 5.30. The maximum absolute atomic E-state index is 13.2. The lowest BCUT2D eigenvalue weighted by atomic mass is 9.85. The predicted molar refractivity (Wildman–Crippen MR) is 70.8 cm³/mol. The fourth-order valence-electron chi connectivity index (χ4n) is 3.12. The maximum Gasteiger partial charge on any atom is 0.201 e. The Hall–Kier alpha value is -1.58. The molecule has 2 N–H and O–H groups in total. The molecule has 2 unspecified atom stereocenters. The molecule has 0 radical (unpaired) electrons. The molecule has 96 valence electrons. The SMILES string of the molecule is CC1CCCCC1n1c(N)nc2cc(F)ccc21. The van der Waals surface area contributed by atoms with Crippen molar-refractivity contribution in [2.24, 2.45) is 5.92 Å². The van der Waals surface area contributed by atoms with E-state index in [0.29, 0.717) is 23.4 Å². The number of halogens is 1. The number of anilines is 1. The van der Waals surface area contributed by atoms with Crippen molar-refractivity contribution in [1.29, 1.82) is 0 Å². The highest BCUT2D eigenvalue weighted by atomic mass is 19.1. The molecule has 1 heterocycles. The fraction of sp³-hybridized carbons (Fsp3) is 0.500. The quantitative estimate of drug-likeness (QED) is 0.838. The highest BCUT2D eigenvalue weighted by molar-refractivity contribution is 5.78. The van der Waals surface area contributed by atoms with Gasteiger partial charge in [0.05, 0.1) is 11.0 Å². The number of fused-ring (bicyclic) bond motifs is 1. The van der Waals surface area contributed by atoms with Crippen molar-refractivity contribution in [3.05, 3.63) is 24.0 Å². The Balaban J connectivity index is 2.12. The van der Waals surface area contributed by atoms with Crippen LogP contribution in [-0.2, 0) is 0 Å². The first-order chi connectivity index (χ1) is 8.66. The first-order valence-corrected chi connectivity index (χ1v) is 6.60. The Morgan fingerprint density at radius 1 is 1.33 bits per heavy atom. The minimum Gasteiger partial charge on any atom is -0.369 e. The molecule has 1 fully saturated rings. The zero-order valence-corrected chi connectivity index (χ0v) is 10.6. The van der Waals surface area contributed by atoms with Crippen LogP contribution in [-0.4, -0.2) is 9.55 Å². The highest BCUT2D eigenvalue weighted by Crippen LogP contribution is 2.37. The number of nitrogen functional groups attached to an aromatic ring is 1. The van der Waals surface area contributed by atoms with Crippen LogP contribution in [0, 0.1) is 11.7 Å². The fourth-order valence-corrected chi connectivity index (χ4v) is 3.12. The van der Waals surface area contributed by atoms with Crippen molar-refractivity contribution < 1.29 is 4.39 Å². The number of benzene rings is 1. The smallest absolute Gasteiger partial charge is 0.201 e. The average molecular weight is 247 g/mol. The van der Waals surface area contributed by atoms with Gasteiger partial charge in [0, 0.05) is 12.1 Å². The molecule has 0 aliphatic heterocycles. The molecule has 3 nitrogen and oxygen atoms in total. The molecule has 2 atom stereocenters. The third kappa shape index (κ3) is 1.76. The summed E-state index contributed by atoms with van der Waals surface area (Å²) in [5.74, 6) is 0.849. The van der Waals surface area contributed by atoms with Gasteiger partial charge in [0.2, 0.25) is 5.95 Å². The Labute approximate surface area is 106 Å². The summed E-state index contributed by atoms with van der Waals surface area (Å²) < 4.78 is 15.3. The topological polar surface area (TPSA) is 43.8 Å². The van der Waals surface area contributed by atoms with Gasteiger partial charge in [-0.25, -0.2) is 9.37 Å². The molecule has 3 rings (SSSR count). The van der Waals surface area contributed by atoms with E-state index in [-0.39, 0.29) is 5.82 Å². The third-order valence-electron chi connectivity index (χ3n) is 4.08.